The van der Waals surface area contributed by atoms with Gasteiger partial charge < -0.3 is 14.7 Å². The minimum atomic E-state index is -3.26. The highest BCUT2D eigenvalue weighted by atomic mass is 31.2. The zero-order chi connectivity index (χ0) is 13.0. The second-order valence-corrected chi connectivity index (χ2v) is 6.50. The van der Waals surface area contributed by atoms with Crippen LogP contribution in [0, 0.1) is 0 Å². The molecule has 2 N–H and O–H groups in total. The summed E-state index contributed by atoms with van der Waals surface area (Å²) in [6.07, 6.45) is 8.16. The monoisotopic (exact) mass is 265 g/mol. The van der Waals surface area contributed by atoms with Crippen LogP contribution < -0.4 is 5.32 Å². The molecular weight excluding hydrogens is 237 g/mol. The number of unbranched alkanes of at least 4 members (excludes halogenated alkanes) is 5. The largest absolute Gasteiger partial charge is 0.327 e. The average Bonchev–Trinajstić information content (AvgIpc) is 2.31. The van der Waals surface area contributed by atoms with Gasteiger partial charge in [-0.05, 0) is 32.4 Å². The van der Waals surface area contributed by atoms with Crippen molar-refractivity contribution in [3.8, 4) is 0 Å². The van der Waals surface area contributed by atoms with Gasteiger partial charge in [0.2, 0.25) is 0 Å². The lowest BCUT2D eigenvalue weighted by atomic mass is 10.2. The number of hydrogen-bond acceptors (Lipinski definition) is 3. The van der Waals surface area contributed by atoms with Crippen LogP contribution in [-0.2, 0) is 9.09 Å². The Kier molecular flexibility index (Phi) is 11.3. The number of rotatable bonds is 12. The fourth-order valence-corrected chi connectivity index (χ4v) is 2.44. The fraction of sp³-hybridized carbons (Fsp3) is 1.00. The summed E-state index contributed by atoms with van der Waals surface area (Å²) in [5.74, 6) is 0. The molecule has 0 heterocycles. The van der Waals surface area contributed by atoms with Gasteiger partial charge in [0.05, 0.1) is 0 Å². The van der Waals surface area contributed by atoms with E-state index in [1.165, 1.54) is 26.4 Å². The summed E-state index contributed by atoms with van der Waals surface area (Å²) in [4.78, 5) is 9.17. The standard InChI is InChI=1S/C12H28NO3P/c1-3-4-7-10-13-11-8-5-6-9-12-17(14,15)16-2/h13H,3-12H2,1-2H3,(H,14,15). The predicted octanol–water partition coefficient (Wildman–Crippen LogP) is 3.16. The average molecular weight is 265 g/mol. The van der Waals surface area contributed by atoms with Crippen LogP contribution in [0.25, 0.3) is 0 Å². The maximum absolute atomic E-state index is 11.1. The summed E-state index contributed by atoms with van der Waals surface area (Å²) < 4.78 is 15.7. The molecule has 1 unspecified atom stereocenters. The SMILES string of the molecule is CCCCCNCCCCCCP(=O)(O)OC. The van der Waals surface area contributed by atoms with Crippen molar-refractivity contribution < 1.29 is 14.0 Å². The third-order valence-corrected chi connectivity index (χ3v) is 4.24. The van der Waals surface area contributed by atoms with Crippen molar-refractivity contribution in [2.75, 3.05) is 26.4 Å². The maximum atomic E-state index is 11.1. The van der Waals surface area contributed by atoms with Gasteiger partial charge in [0.25, 0.3) is 0 Å². The molecule has 0 amide bonds. The summed E-state index contributed by atoms with van der Waals surface area (Å²) in [5.41, 5.74) is 0. The van der Waals surface area contributed by atoms with Crippen molar-refractivity contribution in [2.24, 2.45) is 0 Å². The minimum absolute atomic E-state index is 0.285. The third kappa shape index (κ3) is 12.4. The van der Waals surface area contributed by atoms with Crippen molar-refractivity contribution in [3.05, 3.63) is 0 Å². The Labute approximate surface area is 106 Å². The van der Waals surface area contributed by atoms with Crippen molar-refractivity contribution in [2.45, 2.75) is 51.9 Å². The van der Waals surface area contributed by atoms with E-state index in [0.29, 0.717) is 0 Å². The Morgan fingerprint density at radius 3 is 2.24 bits per heavy atom. The van der Waals surface area contributed by atoms with Gasteiger partial charge in [-0.3, -0.25) is 4.57 Å². The molecule has 0 fully saturated rings. The zero-order valence-corrected chi connectivity index (χ0v) is 12.2. The van der Waals surface area contributed by atoms with Crippen molar-refractivity contribution in [3.63, 3.8) is 0 Å². The summed E-state index contributed by atoms with van der Waals surface area (Å²) in [6, 6.07) is 0. The van der Waals surface area contributed by atoms with Gasteiger partial charge in [-0.1, -0.05) is 32.6 Å². The first kappa shape index (κ1) is 17.1. The minimum Gasteiger partial charge on any atom is -0.324 e. The molecule has 104 valence electrons. The second kappa shape index (κ2) is 11.2. The highest BCUT2D eigenvalue weighted by molar-refractivity contribution is 7.52. The molecule has 0 aliphatic heterocycles. The third-order valence-electron chi connectivity index (χ3n) is 2.79. The van der Waals surface area contributed by atoms with Crippen molar-refractivity contribution >= 4 is 7.60 Å². The highest BCUT2D eigenvalue weighted by Crippen LogP contribution is 2.41. The summed E-state index contributed by atoms with van der Waals surface area (Å²) in [7, 11) is -1.97. The van der Waals surface area contributed by atoms with Crippen LogP contribution in [0.2, 0.25) is 0 Å². The van der Waals surface area contributed by atoms with Gasteiger partial charge in [0.15, 0.2) is 0 Å². The first-order valence-electron chi connectivity index (χ1n) is 6.70. The summed E-state index contributed by atoms with van der Waals surface area (Å²) in [5, 5.41) is 3.41. The lowest BCUT2D eigenvalue weighted by molar-refractivity contribution is 0.314. The van der Waals surface area contributed by atoms with Gasteiger partial charge >= 0.3 is 7.60 Å². The molecule has 0 radical (unpaired) electrons. The van der Waals surface area contributed by atoms with E-state index in [-0.39, 0.29) is 6.16 Å². The van der Waals surface area contributed by atoms with Crippen LogP contribution in [0.5, 0.6) is 0 Å². The molecule has 0 aromatic rings. The molecule has 1 atom stereocenters. The Hall–Kier alpha value is 0.110. The van der Waals surface area contributed by atoms with E-state index in [9.17, 15) is 4.57 Å². The lowest BCUT2D eigenvalue weighted by Gasteiger charge is -2.08. The van der Waals surface area contributed by atoms with E-state index in [1.54, 1.807) is 0 Å². The molecule has 4 nitrogen and oxygen atoms in total. The molecule has 0 aliphatic rings. The molecule has 0 aromatic carbocycles. The maximum Gasteiger partial charge on any atom is 0.327 e. The van der Waals surface area contributed by atoms with Gasteiger partial charge in [-0.2, -0.15) is 0 Å². The predicted molar refractivity (Wildman–Crippen MR) is 72.6 cm³/mol. The Morgan fingerprint density at radius 2 is 1.65 bits per heavy atom. The van der Waals surface area contributed by atoms with Crippen LogP contribution in [0.3, 0.4) is 0 Å². The van der Waals surface area contributed by atoms with Crippen molar-refractivity contribution in [1.29, 1.82) is 0 Å². The van der Waals surface area contributed by atoms with E-state index in [4.69, 9.17) is 4.89 Å². The van der Waals surface area contributed by atoms with Gasteiger partial charge in [-0.25, -0.2) is 0 Å². The van der Waals surface area contributed by atoms with E-state index in [0.717, 1.165) is 38.8 Å². The van der Waals surface area contributed by atoms with Gasteiger partial charge in [-0.15, -0.1) is 0 Å². The summed E-state index contributed by atoms with van der Waals surface area (Å²) in [6.45, 7) is 4.38. The van der Waals surface area contributed by atoms with E-state index < -0.39 is 7.60 Å². The number of nitrogens with one attached hydrogen (secondary N) is 1. The smallest absolute Gasteiger partial charge is 0.324 e. The quantitative estimate of drug-likeness (QED) is 0.420. The summed E-state index contributed by atoms with van der Waals surface area (Å²) >= 11 is 0. The molecule has 0 saturated carbocycles. The van der Waals surface area contributed by atoms with E-state index >= 15 is 0 Å². The van der Waals surface area contributed by atoms with Crippen LogP contribution in [0.4, 0.5) is 0 Å². The topological polar surface area (TPSA) is 58.6 Å². The Bertz CT molecular complexity index is 212. The molecule has 0 spiro atoms. The molecule has 5 heteroatoms. The molecule has 0 bridgehead atoms. The molecular formula is C12H28NO3P. The van der Waals surface area contributed by atoms with Gasteiger partial charge in [0, 0.05) is 13.3 Å². The lowest BCUT2D eigenvalue weighted by Crippen LogP contribution is -2.16. The van der Waals surface area contributed by atoms with Crippen LogP contribution in [0.1, 0.15) is 51.9 Å². The molecule has 17 heavy (non-hydrogen) atoms. The van der Waals surface area contributed by atoms with E-state index in [1.807, 2.05) is 0 Å². The fourth-order valence-electron chi connectivity index (χ4n) is 1.63. The van der Waals surface area contributed by atoms with Crippen LogP contribution in [-0.4, -0.2) is 31.3 Å². The molecule has 0 saturated heterocycles. The zero-order valence-electron chi connectivity index (χ0n) is 11.3. The second-order valence-electron chi connectivity index (χ2n) is 4.41. The normalized spacial score (nSPS) is 14.8. The van der Waals surface area contributed by atoms with Gasteiger partial charge in [0.1, 0.15) is 0 Å². The first-order chi connectivity index (χ1) is 8.12. The Morgan fingerprint density at radius 1 is 1.06 bits per heavy atom. The van der Waals surface area contributed by atoms with E-state index in [2.05, 4.69) is 16.8 Å². The molecule has 0 rings (SSSR count). The molecule has 0 aliphatic carbocycles. The first-order valence-corrected chi connectivity index (χ1v) is 8.47. The van der Waals surface area contributed by atoms with Crippen LogP contribution in [0.15, 0.2) is 0 Å². The Balaban J connectivity index is 3.11. The van der Waals surface area contributed by atoms with Crippen molar-refractivity contribution in [1.82, 2.24) is 5.32 Å². The molecule has 0 aromatic heterocycles. The number of hydrogen-bond donors (Lipinski definition) is 2. The van der Waals surface area contributed by atoms with Crippen LogP contribution >= 0.6 is 7.60 Å². The highest BCUT2D eigenvalue weighted by Gasteiger charge is 2.15.